The summed E-state index contributed by atoms with van der Waals surface area (Å²) in [6, 6.07) is 0. The van der Waals surface area contributed by atoms with Crippen LogP contribution in [0.1, 0.15) is 12.8 Å². The molecular formula is C11H22N2O3. The van der Waals surface area contributed by atoms with Crippen LogP contribution in [0.3, 0.4) is 0 Å². The van der Waals surface area contributed by atoms with E-state index in [0.717, 1.165) is 32.5 Å². The van der Waals surface area contributed by atoms with Crippen LogP contribution in [0.15, 0.2) is 0 Å². The number of carbonyl (C=O) groups is 1. The summed E-state index contributed by atoms with van der Waals surface area (Å²) in [5.41, 5.74) is 0. The molecule has 0 unspecified atom stereocenters. The molecule has 1 aliphatic rings. The smallest absolute Gasteiger partial charge is 0.234 e. The minimum Gasteiger partial charge on any atom is -0.395 e. The van der Waals surface area contributed by atoms with Gasteiger partial charge < -0.3 is 15.2 Å². The normalized spacial score (nSPS) is 18.6. The molecule has 0 aliphatic carbocycles. The molecule has 0 aromatic carbocycles. The predicted molar refractivity (Wildman–Crippen MR) is 61.1 cm³/mol. The fraction of sp³-hybridized carbons (Fsp3) is 0.909. The van der Waals surface area contributed by atoms with Gasteiger partial charge in [0.05, 0.1) is 13.2 Å². The maximum Gasteiger partial charge on any atom is 0.234 e. The second-order valence-corrected chi connectivity index (χ2v) is 4.25. The van der Waals surface area contributed by atoms with Crippen LogP contribution in [0.4, 0.5) is 0 Å². The zero-order chi connectivity index (χ0) is 11.8. The fourth-order valence-electron chi connectivity index (χ4n) is 2.00. The molecule has 1 fully saturated rings. The summed E-state index contributed by atoms with van der Waals surface area (Å²) in [5, 5.41) is 11.2. The molecule has 1 amide bonds. The molecule has 1 rings (SSSR count). The second kappa shape index (κ2) is 7.60. The average molecular weight is 230 g/mol. The number of aliphatic hydroxyl groups excluding tert-OH is 1. The molecule has 2 N–H and O–H groups in total. The van der Waals surface area contributed by atoms with Crippen molar-refractivity contribution in [2.45, 2.75) is 12.8 Å². The highest BCUT2D eigenvalue weighted by atomic mass is 16.5. The Bertz CT molecular complexity index is 203. The number of methoxy groups -OCH3 is 1. The Morgan fingerprint density at radius 2 is 2.19 bits per heavy atom. The summed E-state index contributed by atoms with van der Waals surface area (Å²) >= 11 is 0. The predicted octanol–water partition coefficient (Wildman–Crippen LogP) is -0.547. The number of amides is 1. The molecule has 16 heavy (non-hydrogen) atoms. The lowest BCUT2D eigenvalue weighted by atomic mass is 9.98. The van der Waals surface area contributed by atoms with E-state index >= 15 is 0 Å². The number of nitrogens with zero attached hydrogens (tertiary/aromatic N) is 1. The number of rotatable bonds is 6. The Kier molecular flexibility index (Phi) is 6.37. The first-order valence-corrected chi connectivity index (χ1v) is 5.85. The Morgan fingerprint density at radius 1 is 1.50 bits per heavy atom. The van der Waals surface area contributed by atoms with E-state index in [9.17, 15) is 4.79 Å². The van der Waals surface area contributed by atoms with Gasteiger partial charge in [-0.15, -0.1) is 0 Å². The third-order valence-electron chi connectivity index (χ3n) is 2.91. The number of ether oxygens (including phenoxy) is 1. The highest BCUT2D eigenvalue weighted by Gasteiger charge is 2.20. The molecule has 0 atom stereocenters. The van der Waals surface area contributed by atoms with Gasteiger partial charge in [0.15, 0.2) is 0 Å². The van der Waals surface area contributed by atoms with Crippen LogP contribution in [-0.4, -0.2) is 62.4 Å². The van der Waals surface area contributed by atoms with E-state index in [1.54, 1.807) is 7.11 Å². The van der Waals surface area contributed by atoms with Crippen LogP contribution >= 0.6 is 0 Å². The molecule has 0 aromatic rings. The Labute approximate surface area is 96.8 Å². The van der Waals surface area contributed by atoms with Crippen LogP contribution in [0.5, 0.6) is 0 Å². The summed E-state index contributed by atoms with van der Waals surface area (Å²) in [6.07, 6.45) is 2.20. The van der Waals surface area contributed by atoms with E-state index in [4.69, 9.17) is 9.84 Å². The zero-order valence-corrected chi connectivity index (χ0v) is 9.95. The quantitative estimate of drug-likeness (QED) is 0.643. The van der Waals surface area contributed by atoms with Crippen molar-refractivity contribution in [1.82, 2.24) is 10.2 Å². The van der Waals surface area contributed by atoms with Crippen molar-refractivity contribution in [3.8, 4) is 0 Å². The van der Waals surface area contributed by atoms with Crippen LogP contribution < -0.4 is 5.32 Å². The zero-order valence-electron chi connectivity index (χ0n) is 9.95. The summed E-state index contributed by atoms with van der Waals surface area (Å²) in [4.78, 5) is 13.5. The van der Waals surface area contributed by atoms with Gasteiger partial charge in [0.1, 0.15) is 0 Å². The van der Waals surface area contributed by atoms with Crippen molar-refractivity contribution in [1.29, 1.82) is 0 Å². The van der Waals surface area contributed by atoms with Gasteiger partial charge in [-0.05, 0) is 31.8 Å². The van der Waals surface area contributed by atoms with Crippen LogP contribution in [0.2, 0.25) is 0 Å². The highest BCUT2D eigenvalue weighted by Crippen LogP contribution is 2.16. The van der Waals surface area contributed by atoms with E-state index in [1.807, 2.05) is 0 Å². The van der Waals surface area contributed by atoms with Crippen LogP contribution in [-0.2, 0) is 9.53 Å². The summed E-state index contributed by atoms with van der Waals surface area (Å²) in [7, 11) is 1.73. The number of hydrogen-bond acceptors (Lipinski definition) is 4. The molecule has 0 spiro atoms. The third-order valence-corrected chi connectivity index (χ3v) is 2.91. The molecule has 0 bridgehead atoms. The molecule has 94 valence electrons. The van der Waals surface area contributed by atoms with Gasteiger partial charge in [-0.1, -0.05) is 0 Å². The highest BCUT2D eigenvalue weighted by molar-refractivity contribution is 5.77. The van der Waals surface area contributed by atoms with Gasteiger partial charge >= 0.3 is 0 Å². The topological polar surface area (TPSA) is 61.8 Å². The molecule has 1 saturated heterocycles. The largest absolute Gasteiger partial charge is 0.395 e. The van der Waals surface area contributed by atoms with Gasteiger partial charge in [-0.2, -0.15) is 0 Å². The summed E-state index contributed by atoms with van der Waals surface area (Å²) in [5.74, 6) is 0.640. The fourth-order valence-corrected chi connectivity index (χ4v) is 2.00. The van der Waals surface area contributed by atoms with E-state index in [0.29, 0.717) is 19.0 Å². The van der Waals surface area contributed by atoms with Gasteiger partial charge in [-0.3, -0.25) is 9.69 Å². The molecule has 0 aromatic heterocycles. The van der Waals surface area contributed by atoms with Crippen molar-refractivity contribution in [2.75, 3.05) is 46.5 Å². The number of nitrogens with one attached hydrogen (secondary N) is 1. The van der Waals surface area contributed by atoms with Crippen molar-refractivity contribution < 1.29 is 14.6 Å². The van der Waals surface area contributed by atoms with Gasteiger partial charge in [0, 0.05) is 20.3 Å². The molecular weight excluding hydrogens is 208 g/mol. The van der Waals surface area contributed by atoms with E-state index in [-0.39, 0.29) is 12.5 Å². The number of piperidine rings is 1. The lowest BCUT2D eigenvalue weighted by Gasteiger charge is -2.30. The van der Waals surface area contributed by atoms with E-state index < -0.39 is 0 Å². The molecule has 5 heteroatoms. The Morgan fingerprint density at radius 3 is 2.75 bits per heavy atom. The maximum atomic E-state index is 11.4. The molecule has 0 radical (unpaired) electrons. The number of carbonyl (C=O) groups excluding carboxylic acids is 1. The Hall–Kier alpha value is -0.650. The first-order chi connectivity index (χ1) is 7.76. The molecule has 0 saturated carbocycles. The van der Waals surface area contributed by atoms with E-state index in [2.05, 4.69) is 10.2 Å². The second-order valence-electron chi connectivity index (χ2n) is 4.25. The standard InChI is InChI=1S/C11H22N2O3/c1-16-9-10-2-5-13(6-3-10)8-11(15)12-4-7-14/h10,14H,2-9H2,1H3,(H,12,15). The summed E-state index contributed by atoms with van der Waals surface area (Å²) in [6.45, 7) is 3.53. The maximum absolute atomic E-state index is 11.4. The van der Waals surface area contributed by atoms with Crippen molar-refractivity contribution in [2.24, 2.45) is 5.92 Å². The molecule has 1 heterocycles. The van der Waals surface area contributed by atoms with Crippen molar-refractivity contribution in [3.63, 3.8) is 0 Å². The number of aliphatic hydroxyl groups is 1. The molecule has 1 aliphatic heterocycles. The van der Waals surface area contributed by atoms with Crippen LogP contribution in [0, 0.1) is 5.92 Å². The first-order valence-electron chi connectivity index (χ1n) is 5.85. The van der Waals surface area contributed by atoms with E-state index in [1.165, 1.54) is 0 Å². The average Bonchev–Trinajstić information content (AvgIpc) is 2.29. The van der Waals surface area contributed by atoms with Crippen molar-refractivity contribution in [3.05, 3.63) is 0 Å². The van der Waals surface area contributed by atoms with Gasteiger partial charge in [0.2, 0.25) is 5.91 Å². The minimum absolute atomic E-state index is 0.000702. The first kappa shape index (κ1) is 13.4. The Balaban J connectivity index is 2.14. The SMILES string of the molecule is COCC1CCN(CC(=O)NCCO)CC1. The number of likely N-dealkylation sites (tertiary alicyclic amines) is 1. The van der Waals surface area contributed by atoms with Crippen LogP contribution in [0.25, 0.3) is 0 Å². The van der Waals surface area contributed by atoms with Gasteiger partial charge in [-0.25, -0.2) is 0 Å². The minimum atomic E-state index is -0.000702. The monoisotopic (exact) mass is 230 g/mol. The van der Waals surface area contributed by atoms with Crippen molar-refractivity contribution >= 4 is 5.91 Å². The lowest BCUT2D eigenvalue weighted by molar-refractivity contribution is -0.122. The molecule has 5 nitrogen and oxygen atoms in total. The van der Waals surface area contributed by atoms with Gasteiger partial charge in [0.25, 0.3) is 0 Å². The summed E-state index contributed by atoms with van der Waals surface area (Å²) < 4.78 is 5.13. The number of hydrogen-bond donors (Lipinski definition) is 2. The third kappa shape index (κ3) is 4.92. The lowest BCUT2D eigenvalue weighted by Crippen LogP contribution is -2.42.